The molecule has 0 amide bonds. The summed E-state index contributed by atoms with van der Waals surface area (Å²) in [4.78, 5) is 4.10. The minimum absolute atomic E-state index is 0.334. The number of hydrogen-bond acceptors (Lipinski definition) is 4. The lowest BCUT2D eigenvalue weighted by atomic mass is 10.2. The van der Waals surface area contributed by atoms with Crippen LogP contribution in [0.4, 0.5) is 11.9 Å². The lowest BCUT2D eigenvalue weighted by Crippen LogP contribution is -2.03. The molecule has 2 aromatic rings. The van der Waals surface area contributed by atoms with E-state index in [1.54, 1.807) is 4.68 Å². The van der Waals surface area contributed by atoms with E-state index in [0.717, 1.165) is 17.8 Å². The minimum atomic E-state index is 0.334. The van der Waals surface area contributed by atoms with Crippen molar-refractivity contribution in [3.63, 3.8) is 0 Å². The quantitative estimate of drug-likeness (QED) is 0.878. The number of anilines is 2. The number of nitrogens with one attached hydrogen (secondary N) is 1. The van der Waals surface area contributed by atoms with Gasteiger partial charge in [0.05, 0.1) is 5.69 Å². The summed E-state index contributed by atoms with van der Waals surface area (Å²) < 4.78 is 1.56. The highest BCUT2D eigenvalue weighted by Gasteiger charge is 2.08. The zero-order valence-electron chi connectivity index (χ0n) is 9.74. The second-order valence-corrected chi connectivity index (χ2v) is 4.08. The molecule has 1 heterocycles. The Labute approximate surface area is 105 Å². The molecule has 0 saturated heterocycles. The van der Waals surface area contributed by atoms with E-state index in [0.29, 0.717) is 16.9 Å². The summed E-state index contributed by atoms with van der Waals surface area (Å²) in [6, 6.07) is 5.64. The number of rotatable bonds is 3. The highest BCUT2D eigenvalue weighted by atomic mass is 35.5. The van der Waals surface area contributed by atoms with Crippen LogP contribution >= 0.6 is 11.6 Å². The molecule has 0 aliphatic heterocycles. The van der Waals surface area contributed by atoms with Crippen molar-refractivity contribution >= 4 is 23.5 Å². The van der Waals surface area contributed by atoms with Crippen LogP contribution in [0, 0.1) is 6.92 Å². The lowest BCUT2D eigenvalue weighted by molar-refractivity contribution is 0.889. The van der Waals surface area contributed by atoms with Crippen molar-refractivity contribution in [2.45, 2.75) is 13.8 Å². The largest absolute Gasteiger partial charge is 0.368 e. The Balaban J connectivity index is 2.41. The van der Waals surface area contributed by atoms with Gasteiger partial charge in [-0.15, -0.1) is 5.10 Å². The normalized spacial score (nSPS) is 10.5. The molecule has 2 rings (SSSR count). The Hall–Kier alpha value is -1.75. The predicted molar refractivity (Wildman–Crippen MR) is 69.7 cm³/mol. The molecule has 0 saturated carbocycles. The standard InChI is InChI=1S/C11H14ClN5/c1-3-14-11-15-10(13)17(16-11)8-5-4-7(2)9(12)6-8/h4-6H,3H2,1-2H3,(H3,13,14,15,16). The maximum atomic E-state index is 6.07. The van der Waals surface area contributed by atoms with Crippen LogP contribution in [0.2, 0.25) is 5.02 Å². The molecular formula is C11H14ClN5. The van der Waals surface area contributed by atoms with Crippen molar-refractivity contribution in [2.24, 2.45) is 0 Å². The fourth-order valence-electron chi connectivity index (χ4n) is 1.46. The molecule has 0 spiro atoms. The van der Waals surface area contributed by atoms with Crippen molar-refractivity contribution in [2.75, 3.05) is 17.6 Å². The average Bonchev–Trinajstić information content (AvgIpc) is 2.64. The lowest BCUT2D eigenvalue weighted by Gasteiger charge is -2.04. The number of nitrogen functional groups attached to an aromatic ring is 1. The maximum Gasteiger partial charge on any atom is 0.244 e. The predicted octanol–water partition coefficient (Wildman–Crippen LogP) is 2.24. The summed E-state index contributed by atoms with van der Waals surface area (Å²) in [6.45, 7) is 4.67. The Kier molecular flexibility index (Phi) is 3.19. The first-order valence-electron chi connectivity index (χ1n) is 5.34. The highest BCUT2D eigenvalue weighted by Crippen LogP contribution is 2.21. The highest BCUT2D eigenvalue weighted by molar-refractivity contribution is 6.31. The first-order valence-corrected chi connectivity index (χ1v) is 5.72. The fourth-order valence-corrected chi connectivity index (χ4v) is 1.64. The van der Waals surface area contributed by atoms with E-state index in [4.69, 9.17) is 17.3 Å². The number of aryl methyl sites for hydroxylation is 1. The third-order valence-corrected chi connectivity index (χ3v) is 2.77. The van der Waals surface area contributed by atoms with Gasteiger partial charge in [-0.25, -0.2) is 0 Å². The van der Waals surface area contributed by atoms with Crippen LogP contribution in [0.15, 0.2) is 18.2 Å². The molecule has 0 aliphatic rings. The third-order valence-electron chi connectivity index (χ3n) is 2.37. The minimum Gasteiger partial charge on any atom is -0.368 e. The zero-order valence-corrected chi connectivity index (χ0v) is 10.5. The SMILES string of the molecule is CCNc1nc(N)n(-c2ccc(C)c(Cl)c2)n1. The first kappa shape index (κ1) is 11.7. The summed E-state index contributed by atoms with van der Waals surface area (Å²) in [5.74, 6) is 0.850. The summed E-state index contributed by atoms with van der Waals surface area (Å²) >= 11 is 6.07. The van der Waals surface area contributed by atoms with E-state index in [1.807, 2.05) is 32.0 Å². The molecule has 0 aliphatic carbocycles. The molecule has 1 aromatic carbocycles. The Morgan fingerprint density at radius 1 is 1.47 bits per heavy atom. The van der Waals surface area contributed by atoms with Crippen LogP contribution in [0.5, 0.6) is 0 Å². The van der Waals surface area contributed by atoms with Gasteiger partial charge in [-0.1, -0.05) is 17.7 Å². The number of hydrogen-bond donors (Lipinski definition) is 2. The number of nitrogens with two attached hydrogens (primary N) is 1. The van der Waals surface area contributed by atoms with Gasteiger partial charge in [0, 0.05) is 11.6 Å². The monoisotopic (exact) mass is 251 g/mol. The fraction of sp³-hybridized carbons (Fsp3) is 0.273. The van der Waals surface area contributed by atoms with Gasteiger partial charge in [0.1, 0.15) is 0 Å². The summed E-state index contributed by atoms with van der Waals surface area (Å²) in [5, 5.41) is 7.94. The van der Waals surface area contributed by atoms with Gasteiger partial charge >= 0.3 is 0 Å². The maximum absolute atomic E-state index is 6.07. The van der Waals surface area contributed by atoms with Gasteiger partial charge in [0.15, 0.2) is 0 Å². The third kappa shape index (κ3) is 2.34. The number of benzene rings is 1. The van der Waals surface area contributed by atoms with Crippen molar-refractivity contribution in [1.82, 2.24) is 14.8 Å². The van der Waals surface area contributed by atoms with E-state index < -0.39 is 0 Å². The van der Waals surface area contributed by atoms with Gasteiger partial charge < -0.3 is 11.1 Å². The first-order chi connectivity index (χ1) is 8.11. The molecule has 0 radical (unpaired) electrons. The number of nitrogens with zero attached hydrogens (tertiary/aromatic N) is 3. The van der Waals surface area contributed by atoms with Gasteiger partial charge in [-0.2, -0.15) is 9.67 Å². The van der Waals surface area contributed by atoms with Crippen LogP contribution in [0.3, 0.4) is 0 Å². The molecule has 90 valence electrons. The second-order valence-electron chi connectivity index (χ2n) is 3.67. The van der Waals surface area contributed by atoms with Crippen molar-refractivity contribution in [1.29, 1.82) is 0 Å². The molecule has 0 unspecified atom stereocenters. The molecule has 0 atom stereocenters. The number of halogens is 1. The smallest absolute Gasteiger partial charge is 0.244 e. The average molecular weight is 252 g/mol. The molecule has 0 bridgehead atoms. The van der Waals surface area contributed by atoms with Crippen LogP contribution in [-0.2, 0) is 0 Å². The van der Waals surface area contributed by atoms with Crippen molar-refractivity contribution in [3.8, 4) is 5.69 Å². The van der Waals surface area contributed by atoms with Crippen LogP contribution in [0.1, 0.15) is 12.5 Å². The van der Waals surface area contributed by atoms with Gasteiger partial charge in [-0.05, 0) is 31.5 Å². The van der Waals surface area contributed by atoms with Crippen molar-refractivity contribution < 1.29 is 0 Å². The molecule has 3 N–H and O–H groups in total. The molecular weight excluding hydrogens is 238 g/mol. The summed E-state index contributed by atoms with van der Waals surface area (Å²) in [7, 11) is 0. The summed E-state index contributed by atoms with van der Waals surface area (Å²) in [6.07, 6.45) is 0. The molecule has 6 heteroatoms. The zero-order chi connectivity index (χ0) is 12.4. The molecule has 17 heavy (non-hydrogen) atoms. The molecule has 0 fully saturated rings. The van der Waals surface area contributed by atoms with Crippen LogP contribution < -0.4 is 11.1 Å². The summed E-state index contributed by atoms with van der Waals surface area (Å²) in [5.41, 5.74) is 7.61. The van der Waals surface area contributed by atoms with Gasteiger partial charge in [-0.3, -0.25) is 0 Å². The van der Waals surface area contributed by atoms with Gasteiger partial charge in [0.2, 0.25) is 11.9 Å². The Morgan fingerprint density at radius 2 is 2.24 bits per heavy atom. The van der Waals surface area contributed by atoms with E-state index >= 15 is 0 Å². The van der Waals surface area contributed by atoms with Crippen LogP contribution in [-0.4, -0.2) is 21.3 Å². The van der Waals surface area contributed by atoms with E-state index in [1.165, 1.54) is 0 Å². The van der Waals surface area contributed by atoms with E-state index in [-0.39, 0.29) is 0 Å². The molecule has 5 nitrogen and oxygen atoms in total. The second kappa shape index (κ2) is 4.63. The Morgan fingerprint density at radius 3 is 2.88 bits per heavy atom. The van der Waals surface area contributed by atoms with Crippen molar-refractivity contribution in [3.05, 3.63) is 28.8 Å². The van der Waals surface area contributed by atoms with Gasteiger partial charge in [0.25, 0.3) is 0 Å². The number of aromatic nitrogens is 3. The van der Waals surface area contributed by atoms with Crippen LogP contribution in [0.25, 0.3) is 5.69 Å². The van der Waals surface area contributed by atoms with E-state index in [9.17, 15) is 0 Å². The topological polar surface area (TPSA) is 68.8 Å². The van der Waals surface area contributed by atoms with E-state index in [2.05, 4.69) is 15.4 Å². The Bertz CT molecular complexity index is 535. The molecule has 1 aromatic heterocycles.